The van der Waals surface area contributed by atoms with Crippen LogP contribution in [0.3, 0.4) is 0 Å². The highest BCUT2D eigenvalue weighted by Crippen LogP contribution is 2.91. The maximum atomic E-state index is 5.64. The lowest BCUT2D eigenvalue weighted by molar-refractivity contribution is 0.0150. The maximum absolute atomic E-state index is 5.64. The predicted molar refractivity (Wildman–Crippen MR) is 142 cm³/mol. The fraction of sp³-hybridized carbons (Fsp3) is 0.500. The number of pyridine rings is 2. The first-order chi connectivity index (χ1) is 18.2. The van der Waals surface area contributed by atoms with Crippen LogP contribution in [0.5, 0.6) is 0 Å². The Morgan fingerprint density at radius 3 is 2.78 bits per heavy atom. The van der Waals surface area contributed by atoms with Crippen LogP contribution in [0.25, 0.3) is 22.3 Å². The second kappa shape index (κ2) is 7.98. The van der Waals surface area contributed by atoms with Crippen molar-refractivity contribution in [2.45, 2.75) is 50.7 Å². The molecule has 5 aliphatic rings. The molecule has 6 atom stereocenters. The Bertz CT molecular complexity index is 1460. The zero-order valence-electron chi connectivity index (χ0n) is 21.6. The molecule has 7 heteroatoms. The van der Waals surface area contributed by atoms with Gasteiger partial charge < -0.3 is 9.30 Å². The summed E-state index contributed by atoms with van der Waals surface area (Å²) >= 11 is 0. The van der Waals surface area contributed by atoms with Gasteiger partial charge in [-0.05, 0) is 67.9 Å². The van der Waals surface area contributed by atoms with Gasteiger partial charge in [-0.1, -0.05) is 13.0 Å². The van der Waals surface area contributed by atoms with Crippen LogP contribution in [-0.2, 0) is 16.7 Å². The molecular weight excluding hydrogens is 460 g/mol. The van der Waals surface area contributed by atoms with Gasteiger partial charge in [0.1, 0.15) is 0 Å². The number of hydrogen-bond acceptors (Lipinski definition) is 5. The SMILES string of the molecule is CCC(C)n1nc(-c2cnc3ccn(Cc4ccccn4)c3c2)cc1C12C3CC(N4CCOCC4)C1C32. The van der Waals surface area contributed by atoms with Gasteiger partial charge in [-0.25, -0.2) is 0 Å². The minimum absolute atomic E-state index is 0.369. The zero-order chi connectivity index (χ0) is 24.7. The second-order valence-corrected chi connectivity index (χ2v) is 11.6. The number of aromatic nitrogens is 5. The Balaban J connectivity index is 1.14. The third-order valence-corrected chi connectivity index (χ3v) is 9.90. The molecule has 2 bridgehead atoms. The molecule has 0 N–H and O–H groups in total. The molecule has 0 aromatic carbocycles. The molecule has 0 spiro atoms. The van der Waals surface area contributed by atoms with Crippen LogP contribution in [0.4, 0.5) is 0 Å². The Morgan fingerprint density at radius 1 is 1.11 bits per heavy atom. The highest BCUT2D eigenvalue weighted by molar-refractivity contribution is 5.81. The number of nitrogens with zero attached hydrogens (tertiary/aromatic N) is 6. The molecule has 4 saturated carbocycles. The minimum atomic E-state index is 0.369. The molecule has 7 nitrogen and oxygen atoms in total. The van der Waals surface area contributed by atoms with Crippen LogP contribution < -0.4 is 0 Å². The average molecular weight is 495 g/mol. The van der Waals surface area contributed by atoms with Gasteiger partial charge in [0.25, 0.3) is 0 Å². The Labute approximate surface area is 217 Å². The molecule has 6 unspecified atom stereocenters. The van der Waals surface area contributed by atoms with E-state index in [0.717, 1.165) is 91.0 Å². The summed E-state index contributed by atoms with van der Waals surface area (Å²) in [6, 6.07) is 14.0. The first-order valence-corrected chi connectivity index (χ1v) is 14.0. The molecule has 4 aromatic heterocycles. The van der Waals surface area contributed by atoms with Gasteiger partial charge in [0.2, 0.25) is 0 Å². The summed E-state index contributed by atoms with van der Waals surface area (Å²) in [5, 5.41) is 5.24. The fourth-order valence-corrected chi connectivity index (χ4v) is 7.85. The Hall–Kier alpha value is -3.03. The molecule has 5 heterocycles. The van der Waals surface area contributed by atoms with E-state index >= 15 is 0 Å². The highest BCUT2D eigenvalue weighted by atomic mass is 16.5. The van der Waals surface area contributed by atoms with Crippen LogP contribution >= 0.6 is 0 Å². The van der Waals surface area contributed by atoms with Gasteiger partial charge in [0.15, 0.2) is 0 Å². The van der Waals surface area contributed by atoms with Crippen molar-refractivity contribution in [1.82, 2.24) is 29.2 Å². The van der Waals surface area contributed by atoms with Gasteiger partial charge in [0.05, 0.1) is 42.2 Å². The maximum Gasteiger partial charge on any atom is 0.0942 e. The summed E-state index contributed by atoms with van der Waals surface area (Å²) in [7, 11) is 0. The first kappa shape index (κ1) is 22.0. The normalized spacial score (nSPS) is 31.0. The summed E-state index contributed by atoms with van der Waals surface area (Å²) in [6.07, 6.45) is 8.40. The topological polar surface area (TPSA) is 61.0 Å². The molecule has 1 aliphatic heterocycles. The molecule has 9 rings (SSSR count). The molecule has 0 amide bonds. The van der Waals surface area contributed by atoms with E-state index in [-0.39, 0.29) is 0 Å². The summed E-state index contributed by atoms with van der Waals surface area (Å²) in [4.78, 5) is 12.1. The largest absolute Gasteiger partial charge is 0.379 e. The van der Waals surface area contributed by atoms with E-state index < -0.39 is 0 Å². The van der Waals surface area contributed by atoms with Crippen molar-refractivity contribution in [2.24, 2.45) is 17.8 Å². The van der Waals surface area contributed by atoms with Crippen LogP contribution in [0.15, 0.2) is 55.0 Å². The lowest BCUT2D eigenvalue weighted by Gasteiger charge is -2.32. The standard InChI is InChI=1S/C30H34N6O/c1-3-19(2)36-27(30-22-15-26(29(30)28(22)30)34-10-12-37-13-11-34)16-24(33-36)20-14-25-23(32-17-20)7-9-35(25)18-21-6-4-5-8-31-21/h4-9,14,16-17,19,22,26,28-29H,3,10-13,15,18H2,1-2H3. The molecule has 37 heavy (non-hydrogen) atoms. The highest BCUT2D eigenvalue weighted by Gasteiger charge is 2.93. The number of morpholine rings is 1. The van der Waals surface area contributed by atoms with Crippen molar-refractivity contribution in [3.63, 3.8) is 0 Å². The smallest absolute Gasteiger partial charge is 0.0942 e. The van der Waals surface area contributed by atoms with Gasteiger partial charge in [-0.15, -0.1) is 0 Å². The van der Waals surface area contributed by atoms with Gasteiger partial charge in [-0.2, -0.15) is 5.10 Å². The predicted octanol–water partition coefficient (Wildman–Crippen LogP) is 4.53. The monoisotopic (exact) mass is 494 g/mol. The lowest BCUT2D eigenvalue weighted by atomic mass is 9.99. The van der Waals surface area contributed by atoms with Crippen molar-refractivity contribution in [2.75, 3.05) is 26.3 Å². The van der Waals surface area contributed by atoms with Crippen LogP contribution in [0.2, 0.25) is 0 Å². The number of fused-ring (bicyclic) bond motifs is 2. The molecule has 4 aromatic rings. The molecule has 5 fully saturated rings. The van der Waals surface area contributed by atoms with Crippen LogP contribution in [-0.4, -0.2) is 61.6 Å². The third kappa shape index (κ3) is 3.10. The number of hydrogen-bond donors (Lipinski definition) is 0. The molecular formula is C30H34N6O. The molecule has 1 saturated heterocycles. The van der Waals surface area contributed by atoms with E-state index in [2.05, 4.69) is 63.4 Å². The second-order valence-electron chi connectivity index (χ2n) is 11.6. The lowest BCUT2D eigenvalue weighted by Crippen LogP contribution is -2.43. The average Bonchev–Trinajstić information content (AvgIpc) is 3.39. The third-order valence-electron chi connectivity index (χ3n) is 9.90. The van der Waals surface area contributed by atoms with E-state index in [0.29, 0.717) is 11.5 Å². The fourth-order valence-electron chi connectivity index (χ4n) is 7.85. The molecule has 4 aliphatic carbocycles. The molecule has 0 radical (unpaired) electrons. The van der Waals surface area contributed by atoms with Crippen molar-refractivity contribution in [1.29, 1.82) is 0 Å². The summed E-state index contributed by atoms with van der Waals surface area (Å²) in [5.41, 5.74) is 7.20. The first-order valence-electron chi connectivity index (χ1n) is 14.0. The van der Waals surface area contributed by atoms with Crippen LogP contribution in [0, 0.1) is 17.8 Å². The van der Waals surface area contributed by atoms with Gasteiger partial charge in [-0.3, -0.25) is 19.5 Å². The van der Waals surface area contributed by atoms with E-state index in [1.807, 2.05) is 24.5 Å². The van der Waals surface area contributed by atoms with Gasteiger partial charge in [0, 0.05) is 60.4 Å². The van der Waals surface area contributed by atoms with Crippen molar-refractivity contribution in [3.05, 3.63) is 66.4 Å². The van der Waals surface area contributed by atoms with E-state index in [9.17, 15) is 0 Å². The van der Waals surface area contributed by atoms with Crippen molar-refractivity contribution in [3.8, 4) is 11.3 Å². The van der Waals surface area contributed by atoms with Crippen LogP contribution in [0.1, 0.15) is 44.1 Å². The quantitative estimate of drug-likeness (QED) is 0.378. The van der Waals surface area contributed by atoms with Crippen molar-refractivity contribution >= 4 is 11.0 Å². The van der Waals surface area contributed by atoms with Gasteiger partial charge >= 0.3 is 0 Å². The van der Waals surface area contributed by atoms with E-state index in [1.54, 1.807) is 0 Å². The summed E-state index contributed by atoms with van der Waals surface area (Å²) in [6.45, 7) is 9.29. The summed E-state index contributed by atoms with van der Waals surface area (Å²) < 4.78 is 10.3. The number of ether oxygens (including phenoxy) is 1. The Kier molecular flexibility index (Phi) is 4.75. The minimum Gasteiger partial charge on any atom is -0.379 e. The van der Waals surface area contributed by atoms with E-state index in [4.69, 9.17) is 14.8 Å². The number of rotatable bonds is 7. The van der Waals surface area contributed by atoms with Crippen molar-refractivity contribution < 1.29 is 4.74 Å². The molecule has 190 valence electrons. The Morgan fingerprint density at radius 2 is 2.00 bits per heavy atom. The summed E-state index contributed by atoms with van der Waals surface area (Å²) in [5.74, 6) is 2.51. The van der Waals surface area contributed by atoms with E-state index in [1.165, 1.54) is 12.1 Å². The zero-order valence-corrected chi connectivity index (χ0v) is 21.6.